The molecule has 0 radical (unpaired) electrons. The van der Waals surface area contributed by atoms with Gasteiger partial charge in [-0.2, -0.15) is 8.42 Å². The van der Waals surface area contributed by atoms with E-state index in [0.717, 1.165) is 0 Å². The van der Waals surface area contributed by atoms with Crippen LogP contribution >= 0.6 is 0 Å². The summed E-state index contributed by atoms with van der Waals surface area (Å²) >= 11 is 0. The number of likely N-dealkylation sites (N-methyl/N-ethyl adjacent to an activating group) is 1. The van der Waals surface area contributed by atoms with E-state index in [1.807, 2.05) is 0 Å². The number of ether oxygens (including phenoxy) is 1. The Morgan fingerprint density at radius 1 is 1.19 bits per heavy atom. The van der Waals surface area contributed by atoms with Gasteiger partial charge < -0.3 is 14.5 Å². The fourth-order valence-electron chi connectivity index (χ4n) is 2.64. The molecule has 1 aliphatic heterocycles. The van der Waals surface area contributed by atoms with E-state index in [9.17, 15) is 18.0 Å². The molecule has 1 heterocycles. The summed E-state index contributed by atoms with van der Waals surface area (Å²) in [6.07, 6.45) is 0. The number of hydrogen-bond acceptors (Lipinski definition) is 6. The summed E-state index contributed by atoms with van der Waals surface area (Å²) in [5, 5.41) is 0. The van der Waals surface area contributed by atoms with Crippen molar-refractivity contribution in [2.45, 2.75) is 31.7 Å². The summed E-state index contributed by atoms with van der Waals surface area (Å²) in [6.45, 7) is 5.27. The molecule has 2 rings (SSSR count). The molecule has 8 nitrogen and oxygen atoms in total. The molecular formula is C17H23N3O5S. The van der Waals surface area contributed by atoms with Crippen LogP contribution < -0.4 is 0 Å². The van der Waals surface area contributed by atoms with Crippen LogP contribution in [0.15, 0.2) is 33.6 Å². The summed E-state index contributed by atoms with van der Waals surface area (Å²) in [6, 6.07) is 6.27. The molecule has 9 heteroatoms. The molecule has 0 bridgehead atoms. The molecule has 0 spiro atoms. The molecule has 142 valence electrons. The minimum atomic E-state index is -3.75. The topological polar surface area (TPSA) is 96.3 Å². The zero-order valence-electron chi connectivity index (χ0n) is 15.3. The largest absolute Gasteiger partial charge is 0.465 e. The maximum absolute atomic E-state index is 12.6. The summed E-state index contributed by atoms with van der Waals surface area (Å²) in [5.74, 6) is -0.586. The van der Waals surface area contributed by atoms with Crippen molar-refractivity contribution in [2.24, 2.45) is 4.40 Å². The van der Waals surface area contributed by atoms with Crippen molar-refractivity contribution in [2.75, 3.05) is 26.7 Å². The van der Waals surface area contributed by atoms with Crippen molar-refractivity contribution < 1.29 is 22.7 Å². The molecule has 0 aromatic heterocycles. The second-order valence-electron chi connectivity index (χ2n) is 6.16. The average Bonchev–Trinajstić information content (AvgIpc) is 2.84. The summed E-state index contributed by atoms with van der Waals surface area (Å²) in [4.78, 5) is 27.4. The standard InChI is InChI=1S/C17H23N3O5S/c1-5-25-16(22)11-20(12(2)3)15(21)10-19(4)17-13-8-6-7-9-14(13)26(23,24)18-17/h6-9,12H,5,10-11H2,1-4H3. The van der Waals surface area contributed by atoms with Gasteiger partial charge >= 0.3 is 5.97 Å². The van der Waals surface area contributed by atoms with Crippen molar-refractivity contribution in [1.29, 1.82) is 0 Å². The molecular weight excluding hydrogens is 358 g/mol. The number of esters is 1. The van der Waals surface area contributed by atoms with Gasteiger partial charge in [-0.3, -0.25) is 9.59 Å². The number of amides is 1. The number of amidine groups is 1. The highest BCUT2D eigenvalue weighted by Crippen LogP contribution is 2.26. The van der Waals surface area contributed by atoms with E-state index in [2.05, 4.69) is 4.40 Å². The lowest BCUT2D eigenvalue weighted by Gasteiger charge is -2.28. The van der Waals surface area contributed by atoms with Gasteiger partial charge in [-0.15, -0.1) is 4.40 Å². The van der Waals surface area contributed by atoms with Crippen molar-refractivity contribution >= 4 is 27.7 Å². The number of hydrogen-bond donors (Lipinski definition) is 0. The van der Waals surface area contributed by atoms with Gasteiger partial charge in [0.15, 0.2) is 5.84 Å². The van der Waals surface area contributed by atoms with E-state index in [0.29, 0.717) is 5.56 Å². The number of sulfonamides is 1. The van der Waals surface area contributed by atoms with E-state index < -0.39 is 16.0 Å². The second-order valence-corrected chi connectivity index (χ2v) is 7.74. The van der Waals surface area contributed by atoms with Gasteiger partial charge in [0.25, 0.3) is 10.0 Å². The van der Waals surface area contributed by atoms with Gasteiger partial charge in [0.1, 0.15) is 11.4 Å². The maximum Gasteiger partial charge on any atom is 0.325 e. The van der Waals surface area contributed by atoms with E-state index in [-0.39, 0.29) is 42.4 Å². The van der Waals surface area contributed by atoms with Crippen molar-refractivity contribution in [1.82, 2.24) is 9.80 Å². The number of nitrogens with zero attached hydrogens (tertiary/aromatic N) is 3. The minimum absolute atomic E-state index is 0.111. The van der Waals surface area contributed by atoms with E-state index in [1.54, 1.807) is 46.0 Å². The molecule has 0 unspecified atom stereocenters. The molecule has 0 saturated heterocycles. The molecule has 0 saturated carbocycles. The highest BCUT2D eigenvalue weighted by atomic mass is 32.2. The fraction of sp³-hybridized carbons (Fsp3) is 0.471. The maximum atomic E-state index is 12.6. The highest BCUT2D eigenvalue weighted by molar-refractivity contribution is 7.90. The first-order valence-corrected chi connectivity index (χ1v) is 9.72. The van der Waals surface area contributed by atoms with E-state index in [1.165, 1.54) is 15.9 Å². The van der Waals surface area contributed by atoms with Crippen LogP contribution in [-0.4, -0.2) is 68.7 Å². The Bertz CT molecular complexity index is 833. The predicted molar refractivity (Wildman–Crippen MR) is 96.3 cm³/mol. The number of rotatable bonds is 6. The molecule has 0 N–H and O–H groups in total. The Morgan fingerprint density at radius 3 is 2.46 bits per heavy atom. The third kappa shape index (κ3) is 4.21. The lowest BCUT2D eigenvalue weighted by Crippen LogP contribution is -2.46. The zero-order valence-corrected chi connectivity index (χ0v) is 16.1. The van der Waals surface area contributed by atoms with Crippen LogP contribution in [-0.2, 0) is 24.3 Å². The van der Waals surface area contributed by atoms with Gasteiger partial charge in [-0.25, -0.2) is 0 Å². The van der Waals surface area contributed by atoms with Gasteiger partial charge in [0, 0.05) is 18.7 Å². The van der Waals surface area contributed by atoms with Gasteiger partial charge in [-0.05, 0) is 32.9 Å². The van der Waals surface area contributed by atoms with Crippen LogP contribution in [0.5, 0.6) is 0 Å². The molecule has 0 atom stereocenters. The lowest BCUT2D eigenvalue weighted by molar-refractivity contribution is -0.150. The predicted octanol–water partition coefficient (Wildman–Crippen LogP) is 0.867. The van der Waals surface area contributed by atoms with Crippen LogP contribution in [0.2, 0.25) is 0 Å². The first kappa shape index (κ1) is 19.9. The van der Waals surface area contributed by atoms with Gasteiger partial charge in [-0.1, -0.05) is 12.1 Å². The van der Waals surface area contributed by atoms with Crippen LogP contribution in [0.3, 0.4) is 0 Å². The zero-order chi connectivity index (χ0) is 19.5. The number of fused-ring (bicyclic) bond motifs is 1. The SMILES string of the molecule is CCOC(=O)CN(C(=O)CN(C)C1=NS(=O)(=O)c2ccccc21)C(C)C. The summed E-state index contributed by atoms with van der Waals surface area (Å²) < 4.78 is 33.0. The molecule has 0 aliphatic carbocycles. The smallest absolute Gasteiger partial charge is 0.325 e. The van der Waals surface area contributed by atoms with E-state index >= 15 is 0 Å². The molecule has 1 aliphatic rings. The fourth-order valence-corrected chi connectivity index (χ4v) is 3.89. The number of benzene rings is 1. The van der Waals surface area contributed by atoms with Gasteiger partial charge in [0.05, 0.1) is 13.2 Å². The second kappa shape index (κ2) is 7.86. The monoisotopic (exact) mass is 381 g/mol. The Balaban J connectivity index is 2.17. The third-order valence-corrected chi connectivity index (χ3v) is 5.22. The molecule has 0 fully saturated rings. The van der Waals surface area contributed by atoms with Gasteiger partial charge in [0.2, 0.25) is 5.91 Å². The number of carbonyl (C=O) groups is 2. The minimum Gasteiger partial charge on any atom is -0.465 e. The Hall–Kier alpha value is -2.42. The van der Waals surface area contributed by atoms with Crippen LogP contribution in [0.4, 0.5) is 0 Å². The molecule has 1 aromatic rings. The van der Waals surface area contributed by atoms with Crippen LogP contribution in [0.1, 0.15) is 26.3 Å². The Labute approximate surface area is 153 Å². The number of carbonyl (C=O) groups excluding carboxylic acids is 2. The normalized spacial score (nSPS) is 14.6. The van der Waals surface area contributed by atoms with Crippen LogP contribution in [0.25, 0.3) is 0 Å². The molecule has 1 amide bonds. The summed E-state index contributed by atoms with van der Waals surface area (Å²) in [5.41, 5.74) is 0.462. The molecule has 26 heavy (non-hydrogen) atoms. The van der Waals surface area contributed by atoms with Crippen molar-refractivity contribution in [3.63, 3.8) is 0 Å². The van der Waals surface area contributed by atoms with Crippen LogP contribution in [0, 0.1) is 0 Å². The quantitative estimate of drug-likeness (QED) is 0.679. The Kier molecular flexibility index (Phi) is 6.01. The first-order valence-electron chi connectivity index (χ1n) is 8.28. The lowest BCUT2D eigenvalue weighted by atomic mass is 10.2. The first-order chi connectivity index (χ1) is 12.2. The Morgan fingerprint density at radius 2 is 1.85 bits per heavy atom. The summed E-state index contributed by atoms with van der Waals surface area (Å²) in [7, 11) is -2.16. The third-order valence-electron chi connectivity index (χ3n) is 3.89. The van der Waals surface area contributed by atoms with E-state index in [4.69, 9.17) is 4.74 Å². The van der Waals surface area contributed by atoms with Crippen molar-refractivity contribution in [3.8, 4) is 0 Å². The van der Waals surface area contributed by atoms with Crippen molar-refractivity contribution in [3.05, 3.63) is 29.8 Å². The average molecular weight is 381 g/mol. The highest BCUT2D eigenvalue weighted by Gasteiger charge is 2.32. The molecule has 1 aromatic carbocycles.